The van der Waals surface area contributed by atoms with Crippen LogP contribution in [0.2, 0.25) is 0 Å². The van der Waals surface area contributed by atoms with Gasteiger partial charge in [0.05, 0.1) is 4.75 Å². The lowest BCUT2D eigenvalue weighted by Gasteiger charge is -2.11. The molecule has 0 aromatic heterocycles. The molecule has 0 spiro atoms. The van der Waals surface area contributed by atoms with Crippen molar-refractivity contribution in [1.29, 1.82) is 0 Å². The molecule has 96 valence electrons. The van der Waals surface area contributed by atoms with Crippen LogP contribution in [0.15, 0.2) is 12.2 Å². The van der Waals surface area contributed by atoms with Crippen molar-refractivity contribution in [3.05, 3.63) is 12.2 Å². The maximum atomic E-state index is 11.8. The molecule has 17 heavy (non-hydrogen) atoms. The maximum Gasteiger partial charge on any atom is 0.240 e. The SMILES string of the molecule is CC/C=C\C1CC1C(=O)NS(=O)(=O)C1(C)CC1. The van der Waals surface area contributed by atoms with Crippen LogP contribution in [-0.2, 0) is 14.8 Å². The van der Waals surface area contributed by atoms with Crippen LogP contribution in [0.5, 0.6) is 0 Å². The Bertz CT molecular complexity index is 448. The van der Waals surface area contributed by atoms with Gasteiger partial charge in [0.2, 0.25) is 15.9 Å². The fourth-order valence-electron chi connectivity index (χ4n) is 1.82. The second-order valence-electron chi connectivity index (χ2n) is 5.26. The van der Waals surface area contributed by atoms with Crippen LogP contribution in [0, 0.1) is 11.8 Å². The first-order chi connectivity index (χ1) is 7.89. The second kappa shape index (κ2) is 4.12. The summed E-state index contributed by atoms with van der Waals surface area (Å²) in [5, 5.41) is 0. The van der Waals surface area contributed by atoms with Crippen LogP contribution in [0.4, 0.5) is 0 Å². The molecule has 0 aromatic rings. The molecule has 1 N–H and O–H groups in total. The van der Waals surface area contributed by atoms with Gasteiger partial charge in [-0.3, -0.25) is 9.52 Å². The van der Waals surface area contributed by atoms with Crippen LogP contribution in [0.1, 0.15) is 39.5 Å². The van der Waals surface area contributed by atoms with Crippen molar-refractivity contribution < 1.29 is 13.2 Å². The molecule has 5 heteroatoms. The van der Waals surface area contributed by atoms with Gasteiger partial charge in [-0.25, -0.2) is 8.42 Å². The number of carbonyl (C=O) groups is 1. The lowest BCUT2D eigenvalue weighted by Crippen LogP contribution is -2.39. The van der Waals surface area contributed by atoms with E-state index in [4.69, 9.17) is 0 Å². The Balaban J connectivity index is 1.89. The Kier molecular flexibility index (Phi) is 3.06. The van der Waals surface area contributed by atoms with E-state index in [9.17, 15) is 13.2 Å². The van der Waals surface area contributed by atoms with Crippen molar-refractivity contribution >= 4 is 15.9 Å². The highest BCUT2D eigenvalue weighted by molar-refractivity contribution is 7.91. The summed E-state index contributed by atoms with van der Waals surface area (Å²) in [6, 6.07) is 0. The summed E-state index contributed by atoms with van der Waals surface area (Å²) in [6.45, 7) is 3.72. The highest BCUT2D eigenvalue weighted by Crippen LogP contribution is 2.44. The highest BCUT2D eigenvalue weighted by atomic mass is 32.2. The predicted molar refractivity (Wildman–Crippen MR) is 65.7 cm³/mol. The monoisotopic (exact) mass is 257 g/mol. The molecule has 2 aliphatic carbocycles. The average molecular weight is 257 g/mol. The minimum absolute atomic E-state index is 0.144. The zero-order chi connectivity index (χ0) is 12.7. The third kappa shape index (κ3) is 2.54. The summed E-state index contributed by atoms with van der Waals surface area (Å²) in [5.74, 6) is -0.240. The first kappa shape index (κ1) is 12.6. The highest BCUT2D eigenvalue weighted by Gasteiger charge is 2.52. The molecular formula is C12H19NO3S. The van der Waals surface area contributed by atoms with E-state index in [2.05, 4.69) is 4.72 Å². The number of hydrogen-bond donors (Lipinski definition) is 1. The van der Waals surface area contributed by atoms with Crippen molar-refractivity contribution in [3.63, 3.8) is 0 Å². The van der Waals surface area contributed by atoms with Gasteiger partial charge in [-0.2, -0.15) is 0 Å². The van der Waals surface area contributed by atoms with E-state index in [0.717, 1.165) is 12.8 Å². The predicted octanol–water partition coefficient (Wildman–Crippen LogP) is 1.59. The molecule has 0 radical (unpaired) electrons. The van der Waals surface area contributed by atoms with Gasteiger partial charge in [-0.1, -0.05) is 19.1 Å². The van der Waals surface area contributed by atoms with Crippen molar-refractivity contribution in [2.75, 3.05) is 0 Å². The molecule has 0 aliphatic heterocycles. The molecule has 2 fully saturated rings. The molecule has 0 bridgehead atoms. The van der Waals surface area contributed by atoms with E-state index in [-0.39, 0.29) is 17.7 Å². The lowest BCUT2D eigenvalue weighted by molar-refractivity contribution is -0.120. The normalized spacial score (nSPS) is 30.2. The summed E-state index contributed by atoms with van der Waals surface area (Å²) in [6.07, 6.45) is 7.05. The van der Waals surface area contributed by atoms with E-state index in [1.165, 1.54) is 0 Å². The fourth-order valence-corrected chi connectivity index (χ4v) is 3.12. The van der Waals surface area contributed by atoms with Crippen LogP contribution in [0.3, 0.4) is 0 Å². The fraction of sp³-hybridized carbons (Fsp3) is 0.750. The zero-order valence-corrected chi connectivity index (χ0v) is 11.1. The van der Waals surface area contributed by atoms with Crippen LogP contribution >= 0.6 is 0 Å². The molecule has 2 aliphatic rings. The second-order valence-corrected chi connectivity index (χ2v) is 7.46. The first-order valence-corrected chi connectivity index (χ1v) is 7.61. The minimum atomic E-state index is -3.46. The van der Waals surface area contributed by atoms with Gasteiger partial charge in [-0.05, 0) is 38.5 Å². The van der Waals surface area contributed by atoms with E-state index in [0.29, 0.717) is 12.8 Å². The molecule has 2 rings (SSSR count). The van der Waals surface area contributed by atoms with E-state index in [1.54, 1.807) is 6.92 Å². The number of carbonyl (C=O) groups excluding carboxylic acids is 1. The lowest BCUT2D eigenvalue weighted by atomic mass is 10.2. The standard InChI is InChI=1S/C12H19NO3S/c1-3-4-5-9-8-10(9)11(14)13-17(15,16)12(2)6-7-12/h4-5,9-10H,3,6-8H2,1-2H3,(H,13,14)/b5-4-. The van der Waals surface area contributed by atoms with Crippen LogP contribution in [-0.4, -0.2) is 19.1 Å². The van der Waals surface area contributed by atoms with Crippen molar-refractivity contribution in [1.82, 2.24) is 4.72 Å². The van der Waals surface area contributed by atoms with E-state index < -0.39 is 14.8 Å². The van der Waals surface area contributed by atoms with Crippen LogP contribution < -0.4 is 4.72 Å². The number of allylic oxidation sites excluding steroid dienone is 2. The summed E-state index contributed by atoms with van der Waals surface area (Å²) in [4.78, 5) is 11.7. The number of nitrogens with one attached hydrogen (secondary N) is 1. The third-order valence-electron chi connectivity index (χ3n) is 3.63. The molecule has 4 nitrogen and oxygen atoms in total. The van der Waals surface area contributed by atoms with Crippen molar-refractivity contribution in [2.24, 2.45) is 11.8 Å². The average Bonchev–Trinajstić information content (AvgIpc) is 3.10. The Labute approximate surface area is 103 Å². The smallest absolute Gasteiger partial charge is 0.240 e. The van der Waals surface area contributed by atoms with Gasteiger partial charge in [0, 0.05) is 5.92 Å². The van der Waals surface area contributed by atoms with E-state index in [1.807, 2.05) is 19.1 Å². The van der Waals surface area contributed by atoms with Crippen molar-refractivity contribution in [3.8, 4) is 0 Å². The number of sulfonamides is 1. The summed E-state index contributed by atoms with van der Waals surface area (Å²) in [5.41, 5.74) is 0. The Morgan fingerprint density at radius 3 is 2.65 bits per heavy atom. The third-order valence-corrected chi connectivity index (χ3v) is 5.81. The Morgan fingerprint density at radius 2 is 2.12 bits per heavy atom. The number of hydrogen-bond acceptors (Lipinski definition) is 3. The molecule has 1 amide bonds. The van der Waals surface area contributed by atoms with Gasteiger partial charge >= 0.3 is 0 Å². The number of rotatable bonds is 5. The summed E-state index contributed by atoms with van der Waals surface area (Å²) < 4.78 is 25.2. The Hall–Kier alpha value is -0.840. The summed E-state index contributed by atoms with van der Waals surface area (Å²) in [7, 11) is -3.46. The molecule has 2 unspecified atom stereocenters. The van der Waals surface area contributed by atoms with Gasteiger partial charge in [0.1, 0.15) is 0 Å². The molecule has 2 atom stereocenters. The maximum absolute atomic E-state index is 11.8. The van der Waals surface area contributed by atoms with Gasteiger partial charge in [0.15, 0.2) is 0 Å². The van der Waals surface area contributed by atoms with Gasteiger partial charge in [-0.15, -0.1) is 0 Å². The van der Waals surface area contributed by atoms with Gasteiger partial charge < -0.3 is 0 Å². The van der Waals surface area contributed by atoms with E-state index >= 15 is 0 Å². The minimum Gasteiger partial charge on any atom is -0.274 e. The van der Waals surface area contributed by atoms with Crippen molar-refractivity contribution in [2.45, 2.75) is 44.3 Å². The van der Waals surface area contributed by atoms with Gasteiger partial charge in [0.25, 0.3) is 0 Å². The molecule has 0 heterocycles. The molecular weight excluding hydrogens is 238 g/mol. The molecule has 2 saturated carbocycles. The van der Waals surface area contributed by atoms with Crippen LogP contribution in [0.25, 0.3) is 0 Å². The largest absolute Gasteiger partial charge is 0.274 e. The molecule has 0 aromatic carbocycles. The first-order valence-electron chi connectivity index (χ1n) is 6.12. The topological polar surface area (TPSA) is 63.2 Å². The molecule has 0 saturated heterocycles. The zero-order valence-electron chi connectivity index (χ0n) is 10.3. The Morgan fingerprint density at radius 1 is 1.47 bits per heavy atom. The summed E-state index contributed by atoms with van der Waals surface area (Å²) >= 11 is 0. The quantitative estimate of drug-likeness (QED) is 0.761. The number of amides is 1.